The van der Waals surface area contributed by atoms with Gasteiger partial charge >= 0.3 is 6.61 Å². The maximum absolute atomic E-state index is 12.2. The number of ether oxygens (including phenoxy) is 1. The van der Waals surface area contributed by atoms with Crippen LogP contribution >= 0.6 is 11.6 Å². The molecule has 116 valence electrons. The standard InChI is InChI=1S/C14H17ClF2N2O2/c15-11-6-9(4-5-12(11)21-14(16)17)19-13(20)10-3-1-2-8(10)7-18/h4-6,8,10,14H,1-3,7,18H2,(H,19,20)/t8-,10-/m1/s1. The Morgan fingerprint density at radius 2 is 2.24 bits per heavy atom. The molecule has 0 unspecified atom stereocenters. The SMILES string of the molecule is NC[C@H]1CCC[C@H]1C(=O)Nc1ccc(OC(F)F)c(Cl)c1. The summed E-state index contributed by atoms with van der Waals surface area (Å²) in [5.74, 6) is -0.139. The highest BCUT2D eigenvalue weighted by molar-refractivity contribution is 6.32. The smallest absolute Gasteiger partial charge is 0.387 e. The minimum absolute atomic E-state index is 0.0231. The van der Waals surface area contributed by atoms with E-state index in [-0.39, 0.29) is 28.5 Å². The molecule has 1 aliphatic rings. The maximum atomic E-state index is 12.2. The molecule has 0 heterocycles. The third-order valence-corrected chi connectivity index (χ3v) is 4.01. The van der Waals surface area contributed by atoms with E-state index in [2.05, 4.69) is 10.1 Å². The van der Waals surface area contributed by atoms with Gasteiger partial charge in [-0.2, -0.15) is 8.78 Å². The Morgan fingerprint density at radius 3 is 2.86 bits per heavy atom. The molecule has 0 bridgehead atoms. The molecule has 1 aromatic carbocycles. The lowest BCUT2D eigenvalue weighted by atomic mass is 9.95. The average Bonchev–Trinajstić information content (AvgIpc) is 2.90. The van der Waals surface area contributed by atoms with Gasteiger partial charge in [-0.05, 0) is 43.5 Å². The number of alkyl halides is 2. The van der Waals surface area contributed by atoms with E-state index < -0.39 is 6.61 Å². The Balaban J connectivity index is 2.02. The van der Waals surface area contributed by atoms with Crippen LogP contribution in [0.5, 0.6) is 5.75 Å². The number of carbonyl (C=O) groups excluding carboxylic acids is 1. The number of nitrogens with two attached hydrogens (primary N) is 1. The lowest BCUT2D eigenvalue weighted by Crippen LogP contribution is -2.29. The van der Waals surface area contributed by atoms with Gasteiger partial charge in [-0.1, -0.05) is 18.0 Å². The number of rotatable bonds is 5. The molecule has 2 rings (SSSR count). The molecule has 7 heteroatoms. The summed E-state index contributed by atoms with van der Waals surface area (Å²) in [4.78, 5) is 12.2. The van der Waals surface area contributed by atoms with E-state index in [0.717, 1.165) is 19.3 Å². The summed E-state index contributed by atoms with van der Waals surface area (Å²) in [6, 6.07) is 4.18. The topological polar surface area (TPSA) is 64.4 Å². The van der Waals surface area contributed by atoms with E-state index in [1.165, 1.54) is 18.2 Å². The third kappa shape index (κ3) is 4.04. The molecular formula is C14H17ClF2N2O2. The molecule has 1 aliphatic carbocycles. The Morgan fingerprint density at radius 1 is 1.48 bits per heavy atom. The van der Waals surface area contributed by atoms with Gasteiger partial charge in [-0.15, -0.1) is 0 Å². The zero-order valence-electron chi connectivity index (χ0n) is 11.3. The van der Waals surface area contributed by atoms with Crippen LogP contribution in [0.25, 0.3) is 0 Å². The van der Waals surface area contributed by atoms with E-state index in [9.17, 15) is 13.6 Å². The van der Waals surface area contributed by atoms with Crippen LogP contribution in [0.3, 0.4) is 0 Å². The van der Waals surface area contributed by atoms with E-state index in [4.69, 9.17) is 17.3 Å². The van der Waals surface area contributed by atoms with Gasteiger partial charge in [0, 0.05) is 11.6 Å². The fourth-order valence-electron chi connectivity index (χ4n) is 2.67. The van der Waals surface area contributed by atoms with Crippen LogP contribution in [-0.4, -0.2) is 19.1 Å². The second kappa shape index (κ2) is 7.04. The molecule has 0 saturated heterocycles. The lowest BCUT2D eigenvalue weighted by Gasteiger charge is -2.17. The fraction of sp³-hybridized carbons (Fsp3) is 0.500. The Labute approximate surface area is 126 Å². The summed E-state index contributed by atoms with van der Waals surface area (Å²) in [5, 5.41) is 2.77. The minimum Gasteiger partial charge on any atom is -0.433 e. The fourth-order valence-corrected chi connectivity index (χ4v) is 2.89. The predicted octanol–water partition coefficient (Wildman–Crippen LogP) is 3.25. The third-order valence-electron chi connectivity index (χ3n) is 3.71. The van der Waals surface area contributed by atoms with Crippen molar-refractivity contribution in [2.24, 2.45) is 17.6 Å². The molecule has 1 fully saturated rings. The molecule has 2 atom stereocenters. The summed E-state index contributed by atoms with van der Waals surface area (Å²) in [5.41, 5.74) is 6.11. The summed E-state index contributed by atoms with van der Waals surface area (Å²) in [7, 11) is 0. The van der Waals surface area contributed by atoms with Gasteiger partial charge in [0.2, 0.25) is 5.91 Å². The van der Waals surface area contributed by atoms with Crippen molar-refractivity contribution in [3.05, 3.63) is 23.2 Å². The van der Waals surface area contributed by atoms with Crippen molar-refractivity contribution >= 4 is 23.2 Å². The summed E-state index contributed by atoms with van der Waals surface area (Å²) in [6.45, 7) is -2.45. The molecule has 1 saturated carbocycles. The first-order chi connectivity index (χ1) is 10.0. The number of nitrogens with one attached hydrogen (secondary N) is 1. The van der Waals surface area contributed by atoms with Crippen molar-refractivity contribution in [3.63, 3.8) is 0 Å². The molecular weight excluding hydrogens is 302 g/mol. The first-order valence-electron chi connectivity index (χ1n) is 6.76. The predicted molar refractivity (Wildman–Crippen MR) is 76.6 cm³/mol. The van der Waals surface area contributed by atoms with Crippen LogP contribution in [0.4, 0.5) is 14.5 Å². The van der Waals surface area contributed by atoms with Crippen molar-refractivity contribution in [1.29, 1.82) is 0 Å². The minimum atomic E-state index is -2.94. The summed E-state index contributed by atoms with van der Waals surface area (Å²) >= 11 is 5.84. The van der Waals surface area contributed by atoms with Gasteiger partial charge in [-0.25, -0.2) is 0 Å². The van der Waals surface area contributed by atoms with E-state index >= 15 is 0 Å². The van der Waals surface area contributed by atoms with Gasteiger partial charge in [0.05, 0.1) is 5.02 Å². The van der Waals surface area contributed by atoms with E-state index in [1.807, 2.05) is 0 Å². The second-order valence-corrected chi connectivity index (χ2v) is 5.45. The molecule has 3 N–H and O–H groups in total. The van der Waals surface area contributed by atoms with Crippen LogP contribution in [0.2, 0.25) is 5.02 Å². The number of hydrogen-bond donors (Lipinski definition) is 2. The molecule has 4 nitrogen and oxygen atoms in total. The van der Waals surface area contributed by atoms with Gasteiger partial charge in [0.1, 0.15) is 5.75 Å². The van der Waals surface area contributed by atoms with Crippen LogP contribution < -0.4 is 15.8 Å². The molecule has 1 amide bonds. The molecule has 0 aromatic heterocycles. The van der Waals surface area contributed by atoms with Gasteiger partial charge < -0.3 is 15.8 Å². The quantitative estimate of drug-likeness (QED) is 0.876. The average molecular weight is 319 g/mol. The maximum Gasteiger partial charge on any atom is 0.387 e. The van der Waals surface area contributed by atoms with Gasteiger partial charge in [-0.3, -0.25) is 4.79 Å². The molecule has 0 spiro atoms. The van der Waals surface area contributed by atoms with Crippen molar-refractivity contribution < 1.29 is 18.3 Å². The van der Waals surface area contributed by atoms with Crippen molar-refractivity contribution in [2.75, 3.05) is 11.9 Å². The number of benzene rings is 1. The largest absolute Gasteiger partial charge is 0.433 e. The van der Waals surface area contributed by atoms with Crippen LogP contribution in [-0.2, 0) is 4.79 Å². The number of halogens is 3. The first-order valence-corrected chi connectivity index (χ1v) is 7.14. The highest BCUT2D eigenvalue weighted by Crippen LogP contribution is 2.33. The number of anilines is 1. The first kappa shape index (κ1) is 16.0. The number of hydrogen-bond acceptors (Lipinski definition) is 3. The monoisotopic (exact) mass is 318 g/mol. The van der Waals surface area contributed by atoms with Crippen LogP contribution in [0, 0.1) is 11.8 Å². The summed E-state index contributed by atoms with van der Waals surface area (Å²) in [6.07, 6.45) is 2.76. The molecule has 0 aliphatic heterocycles. The van der Waals surface area contributed by atoms with Gasteiger partial charge in [0.25, 0.3) is 0 Å². The highest BCUT2D eigenvalue weighted by Gasteiger charge is 2.31. The lowest BCUT2D eigenvalue weighted by molar-refractivity contribution is -0.120. The van der Waals surface area contributed by atoms with Gasteiger partial charge in [0.15, 0.2) is 0 Å². The second-order valence-electron chi connectivity index (χ2n) is 5.05. The molecule has 21 heavy (non-hydrogen) atoms. The number of carbonyl (C=O) groups is 1. The zero-order valence-corrected chi connectivity index (χ0v) is 12.1. The van der Waals surface area contributed by atoms with E-state index in [1.54, 1.807) is 0 Å². The van der Waals surface area contributed by atoms with E-state index in [0.29, 0.717) is 12.2 Å². The molecule has 0 radical (unpaired) electrons. The Bertz CT molecular complexity index is 514. The Kier molecular flexibility index (Phi) is 5.36. The summed E-state index contributed by atoms with van der Waals surface area (Å²) < 4.78 is 28.5. The van der Waals surface area contributed by atoms with Crippen LogP contribution in [0.15, 0.2) is 18.2 Å². The highest BCUT2D eigenvalue weighted by atomic mass is 35.5. The van der Waals surface area contributed by atoms with Crippen molar-refractivity contribution in [1.82, 2.24) is 0 Å². The van der Waals surface area contributed by atoms with Crippen LogP contribution in [0.1, 0.15) is 19.3 Å². The zero-order chi connectivity index (χ0) is 15.4. The van der Waals surface area contributed by atoms with Crippen molar-refractivity contribution in [3.8, 4) is 5.75 Å². The number of amides is 1. The molecule has 1 aromatic rings. The normalized spacial score (nSPS) is 21.6. The van der Waals surface area contributed by atoms with Crippen molar-refractivity contribution in [2.45, 2.75) is 25.9 Å². The Hall–Kier alpha value is -1.40.